The number of nitrogens with two attached hydrogens (primary N) is 1. The molecule has 0 aliphatic rings. The lowest BCUT2D eigenvalue weighted by Gasteiger charge is -2.11. The Balaban J connectivity index is 2.38. The van der Waals surface area contributed by atoms with E-state index in [9.17, 15) is 4.79 Å². The van der Waals surface area contributed by atoms with Gasteiger partial charge in [0.1, 0.15) is 11.8 Å². The molecule has 1 aromatic rings. The summed E-state index contributed by atoms with van der Waals surface area (Å²) in [4.78, 5) is 13.4. The molecule has 2 N–H and O–H groups in total. The lowest BCUT2D eigenvalue weighted by Crippen LogP contribution is -2.33. The molecule has 0 aliphatic carbocycles. The summed E-state index contributed by atoms with van der Waals surface area (Å²) >= 11 is 0. The highest BCUT2D eigenvalue weighted by atomic mass is 16.5. The van der Waals surface area contributed by atoms with Crippen LogP contribution in [0.15, 0.2) is 24.3 Å². The van der Waals surface area contributed by atoms with Crippen molar-refractivity contribution < 1.29 is 14.3 Å². The number of hydrogen-bond acceptors (Lipinski definition) is 5. The molecular weight excluding hydrogens is 256 g/mol. The summed E-state index contributed by atoms with van der Waals surface area (Å²) in [5.74, 6) is 0.438. The maximum atomic E-state index is 11.2. The van der Waals surface area contributed by atoms with Crippen LogP contribution in [0.2, 0.25) is 0 Å². The lowest BCUT2D eigenvalue weighted by atomic mass is 10.1. The fourth-order valence-electron chi connectivity index (χ4n) is 1.78. The predicted molar refractivity (Wildman–Crippen MR) is 78.8 cm³/mol. The van der Waals surface area contributed by atoms with Crippen molar-refractivity contribution in [3.63, 3.8) is 0 Å². The van der Waals surface area contributed by atoms with E-state index in [4.69, 9.17) is 10.5 Å². The number of carbonyl (C=O) groups excluding carboxylic acids is 1. The number of hydrogen-bond donors (Lipinski definition) is 1. The summed E-state index contributed by atoms with van der Waals surface area (Å²) in [5.41, 5.74) is 6.70. The van der Waals surface area contributed by atoms with Gasteiger partial charge in [0.25, 0.3) is 0 Å². The van der Waals surface area contributed by atoms with Crippen LogP contribution in [0.3, 0.4) is 0 Å². The summed E-state index contributed by atoms with van der Waals surface area (Å²) in [7, 11) is 5.42. The molecule has 5 heteroatoms. The molecule has 112 valence electrons. The van der Waals surface area contributed by atoms with Crippen LogP contribution >= 0.6 is 0 Å². The number of methoxy groups -OCH3 is 1. The van der Waals surface area contributed by atoms with E-state index in [1.54, 1.807) is 0 Å². The second-order valence-corrected chi connectivity index (χ2v) is 4.98. The first kappa shape index (κ1) is 16.5. The first-order chi connectivity index (χ1) is 9.52. The summed E-state index contributed by atoms with van der Waals surface area (Å²) in [6.45, 7) is 1.70. The molecule has 0 amide bonds. The first-order valence-electron chi connectivity index (χ1n) is 6.73. The second kappa shape index (κ2) is 8.55. The van der Waals surface area contributed by atoms with Gasteiger partial charge in [-0.25, -0.2) is 0 Å². The van der Waals surface area contributed by atoms with Crippen molar-refractivity contribution in [1.82, 2.24) is 4.90 Å². The summed E-state index contributed by atoms with van der Waals surface area (Å²) < 4.78 is 10.2. The first-order valence-corrected chi connectivity index (χ1v) is 6.73. The zero-order valence-corrected chi connectivity index (χ0v) is 12.5. The van der Waals surface area contributed by atoms with Crippen LogP contribution in [0.5, 0.6) is 5.75 Å². The van der Waals surface area contributed by atoms with Gasteiger partial charge in [0.2, 0.25) is 0 Å². The monoisotopic (exact) mass is 280 g/mol. The molecule has 20 heavy (non-hydrogen) atoms. The Morgan fingerprint density at radius 1 is 1.30 bits per heavy atom. The molecular formula is C15H24N2O3. The number of esters is 1. The number of nitrogens with zero attached hydrogens (tertiary/aromatic N) is 1. The Labute approximate surface area is 120 Å². The minimum absolute atomic E-state index is 0.394. The van der Waals surface area contributed by atoms with Crippen LogP contribution in [0.4, 0.5) is 0 Å². The van der Waals surface area contributed by atoms with Crippen LogP contribution in [0, 0.1) is 0 Å². The molecule has 0 unspecified atom stereocenters. The van der Waals surface area contributed by atoms with Gasteiger partial charge in [-0.1, -0.05) is 12.1 Å². The van der Waals surface area contributed by atoms with E-state index in [-0.39, 0.29) is 0 Å². The molecule has 1 aromatic carbocycles. The van der Waals surface area contributed by atoms with Crippen LogP contribution < -0.4 is 10.5 Å². The fraction of sp³-hybridized carbons (Fsp3) is 0.533. The summed E-state index contributed by atoms with van der Waals surface area (Å²) in [6.07, 6.45) is 1.45. The Hall–Kier alpha value is -1.59. The third kappa shape index (κ3) is 6.04. The van der Waals surface area contributed by atoms with Gasteiger partial charge in [0, 0.05) is 6.54 Å². The third-order valence-corrected chi connectivity index (χ3v) is 2.90. The van der Waals surface area contributed by atoms with Crippen LogP contribution in [0.25, 0.3) is 0 Å². The normalized spacial score (nSPS) is 12.2. The number of ether oxygens (including phenoxy) is 2. The minimum atomic E-state index is -0.619. The number of benzene rings is 1. The zero-order valence-electron chi connectivity index (χ0n) is 12.5. The average molecular weight is 280 g/mol. The maximum absolute atomic E-state index is 11.2. The van der Waals surface area contributed by atoms with Gasteiger partial charge in [0.15, 0.2) is 0 Å². The Bertz CT molecular complexity index is 404. The van der Waals surface area contributed by atoms with Gasteiger partial charge >= 0.3 is 5.97 Å². The van der Waals surface area contributed by atoms with Gasteiger partial charge in [-0.2, -0.15) is 0 Å². The van der Waals surface area contributed by atoms with Gasteiger partial charge in [0.05, 0.1) is 13.7 Å². The molecule has 0 fully saturated rings. The molecule has 0 spiro atoms. The van der Waals surface area contributed by atoms with Crippen LogP contribution in [-0.2, 0) is 16.0 Å². The van der Waals surface area contributed by atoms with E-state index >= 15 is 0 Å². The zero-order chi connectivity index (χ0) is 15.0. The van der Waals surface area contributed by atoms with Crippen LogP contribution in [0.1, 0.15) is 12.0 Å². The standard InChI is InChI=1S/C15H24N2O3/c1-17(2)9-4-10-20-13-7-5-12(6-8-13)11-14(16)15(18)19-3/h5-8,14H,4,9-11,16H2,1-3H3/t14-/m0/s1. The van der Waals surface area contributed by atoms with Crippen molar-refractivity contribution in [2.24, 2.45) is 5.73 Å². The SMILES string of the molecule is COC(=O)[C@@H](N)Cc1ccc(OCCCN(C)C)cc1. The quantitative estimate of drug-likeness (QED) is 0.570. The summed E-state index contributed by atoms with van der Waals surface area (Å²) in [5, 5.41) is 0. The molecule has 1 rings (SSSR count). The fourth-order valence-corrected chi connectivity index (χ4v) is 1.78. The molecule has 0 saturated heterocycles. The molecule has 0 saturated carbocycles. The average Bonchev–Trinajstić information content (AvgIpc) is 2.44. The highest BCUT2D eigenvalue weighted by Gasteiger charge is 2.13. The molecule has 0 heterocycles. The Morgan fingerprint density at radius 3 is 2.50 bits per heavy atom. The third-order valence-electron chi connectivity index (χ3n) is 2.90. The van der Waals surface area contributed by atoms with Crippen molar-refractivity contribution in [2.45, 2.75) is 18.9 Å². The van der Waals surface area contributed by atoms with E-state index in [0.29, 0.717) is 13.0 Å². The van der Waals surface area contributed by atoms with E-state index < -0.39 is 12.0 Å². The number of carbonyl (C=O) groups is 1. The van der Waals surface area contributed by atoms with Gasteiger partial charge < -0.3 is 20.1 Å². The van der Waals surface area contributed by atoms with Gasteiger partial charge in [-0.15, -0.1) is 0 Å². The maximum Gasteiger partial charge on any atom is 0.322 e. The van der Waals surface area contributed by atoms with Crippen LogP contribution in [-0.4, -0.2) is 51.3 Å². The van der Waals surface area contributed by atoms with Crippen molar-refractivity contribution in [3.8, 4) is 5.75 Å². The lowest BCUT2D eigenvalue weighted by molar-refractivity contribution is -0.142. The topological polar surface area (TPSA) is 64.8 Å². The van der Waals surface area contributed by atoms with E-state index in [0.717, 1.165) is 24.3 Å². The second-order valence-electron chi connectivity index (χ2n) is 4.98. The molecule has 1 atom stereocenters. The molecule has 0 aromatic heterocycles. The summed E-state index contributed by atoms with van der Waals surface area (Å²) in [6, 6.07) is 7.02. The largest absolute Gasteiger partial charge is 0.494 e. The highest BCUT2D eigenvalue weighted by Crippen LogP contribution is 2.13. The van der Waals surface area contributed by atoms with Crippen molar-refractivity contribution in [2.75, 3.05) is 34.4 Å². The minimum Gasteiger partial charge on any atom is -0.494 e. The van der Waals surface area contributed by atoms with Crippen molar-refractivity contribution in [1.29, 1.82) is 0 Å². The van der Waals surface area contributed by atoms with Crippen molar-refractivity contribution >= 4 is 5.97 Å². The van der Waals surface area contributed by atoms with Gasteiger partial charge in [-0.05, 0) is 44.6 Å². The van der Waals surface area contributed by atoms with E-state index in [2.05, 4.69) is 9.64 Å². The Morgan fingerprint density at radius 2 is 1.95 bits per heavy atom. The molecule has 0 aliphatic heterocycles. The smallest absolute Gasteiger partial charge is 0.322 e. The van der Waals surface area contributed by atoms with E-state index in [1.807, 2.05) is 38.4 Å². The predicted octanol–water partition coefficient (Wildman–Crippen LogP) is 1.06. The van der Waals surface area contributed by atoms with Crippen molar-refractivity contribution in [3.05, 3.63) is 29.8 Å². The van der Waals surface area contributed by atoms with E-state index in [1.165, 1.54) is 7.11 Å². The Kier molecular flexibility index (Phi) is 7.04. The number of rotatable bonds is 8. The molecule has 0 bridgehead atoms. The highest BCUT2D eigenvalue weighted by molar-refractivity contribution is 5.75. The molecule has 0 radical (unpaired) electrons. The molecule has 5 nitrogen and oxygen atoms in total. The van der Waals surface area contributed by atoms with Gasteiger partial charge in [-0.3, -0.25) is 4.79 Å².